The third-order valence-electron chi connectivity index (χ3n) is 5.25. The normalized spacial score (nSPS) is 14.1. The number of anilines is 1. The molecule has 1 aliphatic heterocycles. The van der Waals surface area contributed by atoms with Gasteiger partial charge in [0.15, 0.2) is 5.11 Å². The first-order valence-electron chi connectivity index (χ1n) is 10.7. The summed E-state index contributed by atoms with van der Waals surface area (Å²) in [6, 6.07) is 14.1. The maximum atomic E-state index is 12.8. The second kappa shape index (κ2) is 10.9. The van der Waals surface area contributed by atoms with Crippen molar-refractivity contribution in [2.24, 2.45) is 5.92 Å². The van der Waals surface area contributed by atoms with Crippen LogP contribution in [-0.4, -0.2) is 41.5 Å². The lowest BCUT2D eigenvalue weighted by atomic mass is 9.98. The van der Waals surface area contributed by atoms with Crippen LogP contribution in [0.1, 0.15) is 53.8 Å². The highest BCUT2D eigenvalue weighted by Crippen LogP contribution is 2.20. The maximum absolute atomic E-state index is 12.8. The van der Waals surface area contributed by atoms with Crippen molar-refractivity contribution in [3.8, 4) is 5.75 Å². The molecule has 0 radical (unpaired) electrons. The molecular formula is C24H29N3O3S. The Morgan fingerprint density at radius 1 is 1.10 bits per heavy atom. The zero-order valence-corrected chi connectivity index (χ0v) is 18.8. The number of piperidine rings is 1. The zero-order chi connectivity index (χ0) is 22.2. The van der Waals surface area contributed by atoms with E-state index in [1.165, 1.54) is 0 Å². The molecule has 1 aliphatic rings. The predicted octanol–water partition coefficient (Wildman–Crippen LogP) is 4.47. The number of nitrogens with one attached hydrogen (secondary N) is 2. The van der Waals surface area contributed by atoms with Crippen molar-refractivity contribution in [2.75, 3.05) is 25.0 Å². The molecule has 1 fully saturated rings. The lowest BCUT2D eigenvalue weighted by Gasteiger charge is -2.30. The molecule has 0 aliphatic carbocycles. The Labute approximate surface area is 189 Å². The Morgan fingerprint density at radius 3 is 2.48 bits per heavy atom. The molecule has 2 aromatic rings. The van der Waals surface area contributed by atoms with E-state index in [1.807, 2.05) is 24.0 Å². The molecule has 3 rings (SSSR count). The number of hydrogen-bond acceptors (Lipinski definition) is 4. The van der Waals surface area contributed by atoms with Gasteiger partial charge >= 0.3 is 0 Å². The van der Waals surface area contributed by atoms with Crippen molar-refractivity contribution in [2.45, 2.75) is 33.1 Å². The minimum absolute atomic E-state index is 0.0240. The molecule has 0 aromatic heterocycles. The summed E-state index contributed by atoms with van der Waals surface area (Å²) in [6.45, 7) is 6.46. The molecule has 2 amide bonds. The van der Waals surface area contributed by atoms with Crippen LogP contribution in [0.2, 0.25) is 0 Å². The first kappa shape index (κ1) is 22.7. The van der Waals surface area contributed by atoms with E-state index in [-0.39, 0.29) is 16.9 Å². The SMILES string of the molecule is CCCOc1ccc(C(=O)NC(=S)Nc2cccc(C(=O)N3CCC(C)CC3)c2)cc1. The van der Waals surface area contributed by atoms with E-state index in [0.29, 0.717) is 29.3 Å². The topological polar surface area (TPSA) is 70.7 Å². The summed E-state index contributed by atoms with van der Waals surface area (Å²) >= 11 is 5.28. The quantitative estimate of drug-likeness (QED) is 0.650. The zero-order valence-electron chi connectivity index (χ0n) is 18.0. The van der Waals surface area contributed by atoms with Gasteiger partial charge < -0.3 is 15.0 Å². The molecule has 0 saturated carbocycles. The number of hydrogen-bond donors (Lipinski definition) is 2. The van der Waals surface area contributed by atoms with Gasteiger partial charge in [0.1, 0.15) is 5.75 Å². The van der Waals surface area contributed by atoms with Crippen molar-refractivity contribution in [1.29, 1.82) is 0 Å². The molecule has 1 saturated heterocycles. The fraction of sp³-hybridized carbons (Fsp3) is 0.375. The first-order chi connectivity index (χ1) is 15.0. The third kappa shape index (κ3) is 6.52. The number of nitrogens with zero attached hydrogens (tertiary/aromatic N) is 1. The highest BCUT2D eigenvalue weighted by molar-refractivity contribution is 7.80. The van der Waals surface area contributed by atoms with Gasteiger partial charge in [-0.05, 0) is 79.9 Å². The van der Waals surface area contributed by atoms with Gasteiger partial charge in [0.25, 0.3) is 11.8 Å². The molecule has 0 bridgehead atoms. The van der Waals surface area contributed by atoms with Crippen molar-refractivity contribution in [1.82, 2.24) is 10.2 Å². The predicted molar refractivity (Wildman–Crippen MR) is 127 cm³/mol. The standard InChI is InChI=1S/C24H29N3O3S/c1-3-15-30-21-9-7-18(8-10-21)22(28)26-24(31)25-20-6-4-5-19(16-20)23(29)27-13-11-17(2)12-14-27/h4-10,16-17H,3,11-15H2,1-2H3,(H2,25,26,28,31). The largest absolute Gasteiger partial charge is 0.494 e. The summed E-state index contributed by atoms with van der Waals surface area (Å²) in [5, 5.41) is 5.83. The van der Waals surface area contributed by atoms with Gasteiger partial charge in [-0.1, -0.05) is 19.9 Å². The monoisotopic (exact) mass is 439 g/mol. The molecule has 2 aromatic carbocycles. The van der Waals surface area contributed by atoms with E-state index in [9.17, 15) is 9.59 Å². The fourth-order valence-electron chi connectivity index (χ4n) is 3.38. The van der Waals surface area contributed by atoms with Crippen molar-refractivity contribution in [3.05, 3.63) is 59.7 Å². The number of rotatable bonds is 6. The molecule has 164 valence electrons. The number of amides is 2. The Balaban J connectivity index is 1.56. The van der Waals surface area contributed by atoms with Crippen LogP contribution < -0.4 is 15.4 Å². The van der Waals surface area contributed by atoms with Crippen LogP contribution in [-0.2, 0) is 0 Å². The molecule has 1 heterocycles. The van der Waals surface area contributed by atoms with Crippen LogP contribution in [0.3, 0.4) is 0 Å². The van der Waals surface area contributed by atoms with E-state index in [0.717, 1.165) is 38.1 Å². The van der Waals surface area contributed by atoms with E-state index >= 15 is 0 Å². The highest BCUT2D eigenvalue weighted by atomic mass is 32.1. The van der Waals surface area contributed by atoms with Crippen LogP contribution in [0.25, 0.3) is 0 Å². The number of benzene rings is 2. The number of ether oxygens (including phenoxy) is 1. The maximum Gasteiger partial charge on any atom is 0.257 e. The minimum Gasteiger partial charge on any atom is -0.494 e. The van der Waals surface area contributed by atoms with Gasteiger partial charge in [-0.2, -0.15) is 0 Å². The van der Waals surface area contributed by atoms with Gasteiger partial charge in [0.2, 0.25) is 0 Å². The third-order valence-corrected chi connectivity index (χ3v) is 5.46. The second-order valence-corrected chi connectivity index (χ2v) is 8.24. The lowest BCUT2D eigenvalue weighted by molar-refractivity contribution is 0.0697. The summed E-state index contributed by atoms with van der Waals surface area (Å²) in [6.07, 6.45) is 2.99. The number of likely N-dealkylation sites (tertiary alicyclic amines) is 1. The smallest absolute Gasteiger partial charge is 0.257 e. The molecule has 2 N–H and O–H groups in total. The van der Waals surface area contributed by atoms with Gasteiger partial charge in [-0.15, -0.1) is 0 Å². The Morgan fingerprint density at radius 2 is 1.81 bits per heavy atom. The van der Waals surface area contributed by atoms with Crippen LogP contribution in [0.5, 0.6) is 5.75 Å². The van der Waals surface area contributed by atoms with Crippen LogP contribution in [0.4, 0.5) is 5.69 Å². The Bertz CT molecular complexity index is 922. The molecule has 0 unspecified atom stereocenters. The van der Waals surface area contributed by atoms with Crippen LogP contribution >= 0.6 is 12.2 Å². The highest BCUT2D eigenvalue weighted by Gasteiger charge is 2.21. The molecule has 31 heavy (non-hydrogen) atoms. The molecule has 0 spiro atoms. The van der Waals surface area contributed by atoms with E-state index in [1.54, 1.807) is 36.4 Å². The number of thiocarbonyl (C=S) groups is 1. The van der Waals surface area contributed by atoms with Gasteiger partial charge in [0.05, 0.1) is 6.61 Å². The van der Waals surface area contributed by atoms with E-state index in [2.05, 4.69) is 17.6 Å². The van der Waals surface area contributed by atoms with Crippen molar-refractivity contribution in [3.63, 3.8) is 0 Å². The molecule has 7 heteroatoms. The fourth-order valence-corrected chi connectivity index (χ4v) is 3.59. The van der Waals surface area contributed by atoms with Crippen molar-refractivity contribution >= 4 is 34.8 Å². The molecule has 6 nitrogen and oxygen atoms in total. The summed E-state index contributed by atoms with van der Waals surface area (Å²) in [7, 11) is 0. The minimum atomic E-state index is -0.311. The van der Waals surface area contributed by atoms with Crippen LogP contribution in [0, 0.1) is 5.92 Å². The summed E-state index contributed by atoms with van der Waals surface area (Å²) < 4.78 is 5.53. The second-order valence-electron chi connectivity index (χ2n) is 7.84. The van der Waals surface area contributed by atoms with Gasteiger partial charge in [-0.3, -0.25) is 14.9 Å². The average Bonchev–Trinajstić information content (AvgIpc) is 2.78. The summed E-state index contributed by atoms with van der Waals surface area (Å²) in [5.74, 6) is 1.10. The lowest BCUT2D eigenvalue weighted by Crippen LogP contribution is -2.38. The molecule has 0 atom stereocenters. The van der Waals surface area contributed by atoms with E-state index in [4.69, 9.17) is 17.0 Å². The van der Waals surface area contributed by atoms with E-state index < -0.39 is 0 Å². The van der Waals surface area contributed by atoms with Gasteiger partial charge in [-0.25, -0.2) is 0 Å². The van der Waals surface area contributed by atoms with Crippen LogP contribution in [0.15, 0.2) is 48.5 Å². The number of carbonyl (C=O) groups is 2. The van der Waals surface area contributed by atoms with Gasteiger partial charge in [0, 0.05) is 29.9 Å². The van der Waals surface area contributed by atoms with Crippen molar-refractivity contribution < 1.29 is 14.3 Å². The number of carbonyl (C=O) groups excluding carboxylic acids is 2. The molecular weight excluding hydrogens is 410 g/mol. The summed E-state index contributed by atoms with van der Waals surface area (Å²) in [5.41, 5.74) is 1.75. The summed E-state index contributed by atoms with van der Waals surface area (Å²) in [4.78, 5) is 27.1. The Hall–Kier alpha value is -2.93. The first-order valence-corrected chi connectivity index (χ1v) is 11.1. The average molecular weight is 440 g/mol. The Kier molecular flexibility index (Phi) is 8.00.